The molecular formula is C51H12F20I8N2O. The predicted octanol–water partition coefficient (Wildman–Crippen LogP) is 21.4. The Hall–Kier alpha value is -2.66. The Bertz CT molecular complexity index is 3600. The molecule has 8 aromatic carbocycles. The quantitative estimate of drug-likeness (QED) is 0.0721. The Morgan fingerprint density at radius 2 is 0.451 bits per heavy atom. The smallest absolute Gasteiger partial charge is 0.248 e. The zero-order chi connectivity index (χ0) is 61.2. The normalized spacial score (nSPS) is 11.2. The van der Waals surface area contributed by atoms with Crippen molar-refractivity contribution in [3.63, 3.8) is 0 Å². The molecule has 0 atom stereocenters. The lowest BCUT2D eigenvalue weighted by Crippen LogP contribution is -2.11. The highest BCUT2D eigenvalue weighted by Crippen LogP contribution is 2.48. The van der Waals surface area contributed by atoms with Crippen LogP contribution in [0.25, 0.3) is 67.4 Å². The van der Waals surface area contributed by atoms with Gasteiger partial charge in [-0.3, -0.25) is 0 Å². The summed E-state index contributed by atoms with van der Waals surface area (Å²) in [5, 5.41) is 8.14. The second kappa shape index (κ2) is 26.8. The fraction of sp³-hybridized carbons (Fsp3) is 0.0196. The first-order chi connectivity index (χ1) is 38.3. The number of aromatic nitrogens is 2. The van der Waals surface area contributed by atoms with Crippen molar-refractivity contribution in [3.8, 4) is 67.4 Å². The minimum atomic E-state index is -2.34. The fourth-order valence-corrected chi connectivity index (χ4v) is 15.4. The van der Waals surface area contributed by atoms with Crippen LogP contribution >= 0.6 is 181 Å². The van der Waals surface area contributed by atoms with E-state index in [-0.39, 0.29) is 0 Å². The van der Waals surface area contributed by atoms with E-state index in [1.807, 2.05) is 61.5 Å². The van der Waals surface area contributed by atoms with E-state index >= 15 is 8.78 Å². The van der Waals surface area contributed by atoms with Gasteiger partial charge in [0.05, 0.1) is 50.8 Å². The van der Waals surface area contributed by atoms with Gasteiger partial charge >= 0.3 is 0 Å². The van der Waals surface area contributed by atoms with Crippen LogP contribution in [0.1, 0.15) is 5.56 Å². The van der Waals surface area contributed by atoms with Crippen LogP contribution in [0, 0.1) is 152 Å². The van der Waals surface area contributed by atoms with Gasteiger partial charge in [0, 0.05) is 33.4 Å². The summed E-state index contributed by atoms with van der Waals surface area (Å²) in [6.07, 6.45) is 0. The standard InChI is InChI=1S/2C18F10I4.C15H12N2O/c2*19-5-1(3-15(29)11(25)9(23)12(26)16(3)30)6(20)8(22)7(21)2(5)4-17(31)13(27)10(24)14(28)18(4)32;1-11-7-9-13(10-8-11)15-17-16-14(18-15)12-5-3-2-4-6-12/h;;2-10H,1H3. The van der Waals surface area contributed by atoms with E-state index in [1.165, 1.54) is 5.56 Å². The van der Waals surface area contributed by atoms with Gasteiger partial charge in [0.25, 0.3) is 0 Å². The number of nitrogens with zero attached hydrogens (tertiary/aromatic N) is 2. The first kappa shape index (κ1) is 66.9. The number of rotatable bonds is 6. The largest absolute Gasteiger partial charge is 0.416 e. The maximum atomic E-state index is 15.5. The van der Waals surface area contributed by atoms with Crippen LogP contribution in [0.3, 0.4) is 0 Å². The molecule has 0 saturated carbocycles. The zero-order valence-corrected chi connectivity index (χ0v) is 55.8. The first-order valence-corrected chi connectivity index (χ1v) is 29.7. The highest BCUT2D eigenvalue weighted by Gasteiger charge is 2.38. The predicted molar refractivity (Wildman–Crippen MR) is 325 cm³/mol. The summed E-state index contributed by atoms with van der Waals surface area (Å²) in [5.41, 5.74) is -6.94. The third kappa shape index (κ3) is 12.2. The Labute approximate surface area is 555 Å². The van der Waals surface area contributed by atoms with Gasteiger partial charge in [0.2, 0.25) is 11.8 Å². The van der Waals surface area contributed by atoms with E-state index in [1.54, 1.807) is 0 Å². The van der Waals surface area contributed by atoms with Crippen molar-refractivity contribution in [3.05, 3.63) is 205 Å². The van der Waals surface area contributed by atoms with Gasteiger partial charge in [-0.15, -0.1) is 10.2 Å². The fourth-order valence-electron chi connectivity index (χ4n) is 7.18. The van der Waals surface area contributed by atoms with Crippen LogP contribution in [0.5, 0.6) is 0 Å². The molecule has 0 spiro atoms. The van der Waals surface area contributed by atoms with E-state index in [4.69, 9.17) is 4.42 Å². The van der Waals surface area contributed by atoms with Gasteiger partial charge < -0.3 is 4.42 Å². The molecule has 0 fully saturated rings. The van der Waals surface area contributed by atoms with Crippen molar-refractivity contribution in [2.75, 3.05) is 0 Å². The highest BCUT2D eigenvalue weighted by molar-refractivity contribution is 14.1. The molecule has 3 nitrogen and oxygen atoms in total. The van der Waals surface area contributed by atoms with Crippen LogP contribution < -0.4 is 0 Å². The van der Waals surface area contributed by atoms with Gasteiger partial charge in [-0.1, -0.05) is 35.9 Å². The maximum Gasteiger partial charge on any atom is 0.248 e. The molecule has 0 unspecified atom stereocenters. The Morgan fingerprint density at radius 1 is 0.244 bits per heavy atom. The topological polar surface area (TPSA) is 38.9 Å². The summed E-state index contributed by atoms with van der Waals surface area (Å²) < 4.78 is 284. The summed E-state index contributed by atoms with van der Waals surface area (Å²) in [6.45, 7) is 2.05. The molecule has 0 radical (unpaired) electrons. The van der Waals surface area contributed by atoms with E-state index in [9.17, 15) is 79.0 Å². The molecule has 9 aromatic rings. The second-order valence-corrected chi connectivity index (χ2v) is 24.6. The summed E-state index contributed by atoms with van der Waals surface area (Å²) in [5.74, 6) is -39.2. The van der Waals surface area contributed by atoms with Crippen LogP contribution in [-0.2, 0) is 0 Å². The van der Waals surface area contributed by atoms with E-state index in [2.05, 4.69) is 10.2 Å². The molecule has 1 aromatic heterocycles. The molecule has 0 aliphatic heterocycles. The lowest BCUT2D eigenvalue weighted by molar-refractivity contribution is 0.432. The molecule has 0 saturated heterocycles. The van der Waals surface area contributed by atoms with Crippen LogP contribution in [0.15, 0.2) is 59.0 Å². The number of hydrogen-bond donors (Lipinski definition) is 0. The monoisotopic (exact) mass is 2060 g/mol. The molecule has 428 valence electrons. The van der Waals surface area contributed by atoms with Crippen molar-refractivity contribution in [1.82, 2.24) is 10.2 Å². The maximum absolute atomic E-state index is 15.5. The van der Waals surface area contributed by atoms with Crippen molar-refractivity contribution < 1.29 is 92.2 Å². The van der Waals surface area contributed by atoms with Crippen LogP contribution in [0.4, 0.5) is 87.8 Å². The molecule has 0 amide bonds. The molecule has 82 heavy (non-hydrogen) atoms. The minimum absolute atomic E-state index is 0.547. The second-order valence-electron chi connectivity index (χ2n) is 15.9. The lowest BCUT2D eigenvalue weighted by Gasteiger charge is -2.18. The summed E-state index contributed by atoms with van der Waals surface area (Å²) in [6, 6.07) is 17.8. The molecule has 9 rings (SSSR count). The van der Waals surface area contributed by atoms with E-state index in [0.717, 1.165) is 192 Å². The van der Waals surface area contributed by atoms with Crippen LogP contribution in [-0.4, -0.2) is 10.2 Å². The van der Waals surface area contributed by atoms with Crippen molar-refractivity contribution in [2.24, 2.45) is 0 Å². The number of benzene rings is 8. The van der Waals surface area contributed by atoms with Gasteiger partial charge in [-0.25, -0.2) is 87.8 Å². The van der Waals surface area contributed by atoms with Gasteiger partial charge in [-0.2, -0.15) is 0 Å². The average Bonchev–Trinajstić information content (AvgIpc) is 4.12. The van der Waals surface area contributed by atoms with E-state index in [0.29, 0.717) is 11.8 Å². The molecule has 0 aliphatic carbocycles. The Morgan fingerprint density at radius 3 is 0.683 bits per heavy atom. The molecule has 0 N–H and O–H groups in total. The third-order valence-electron chi connectivity index (χ3n) is 11.1. The number of aryl methyl sites for hydroxylation is 1. The van der Waals surface area contributed by atoms with Gasteiger partial charge in [0.1, 0.15) is 11.6 Å². The van der Waals surface area contributed by atoms with Gasteiger partial charge in [-0.05, 0) is 212 Å². The summed E-state index contributed by atoms with van der Waals surface area (Å²) in [7, 11) is 0. The van der Waals surface area contributed by atoms with Gasteiger partial charge in [0.15, 0.2) is 105 Å². The minimum Gasteiger partial charge on any atom is -0.416 e. The van der Waals surface area contributed by atoms with Crippen molar-refractivity contribution in [2.45, 2.75) is 6.92 Å². The first-order valence-electron chi connectivity index (χ1n) is 21.1. The molecule has 31 heteroatoms. The average molecular weight is 2060 g/mol. The van der Waals surface area contributed by atoms with E-state index < -0.39 is 189 Å². The van der Waals surface area contributed by atoms with Crippen molar-refractivity contribution in [1.29, 1.82) is 0 Å². The Balaban J connectivity index is 0.000000184. The van der Waals surface area contributed by atoms with Crippen LogP contribution in [0.2, 0.25) is 0 Å². The summed E-state index contributed by atoms with van der Waals surface area (Å²) >= 11 is 8.61. The molecule has 0 bridgehead atoms. The number of halogens is 28. The SMILES string of the molecule is Cc1ccc(-c2nnc(-c3ccccc3)o2)cc1.Fc1c(F)c(I)c(-c2c(F)c(F)c(F)c(-c3c(I)c(F)c(F)c(F)c3I)c2F)c(I)c1F.Fc1c(F)c(I)c(-c2c(F)c(F)c(F)c(-c3c(I)c(F)c(F)c(F)c3I)c2F)c(I)c1F. The lowest BCUT2D eigenvalue weighted by atomic mass is 9.95. The zero-order valence-electron chi connectivity index (χ0n) is 38.6. The van der Waals surface area contributed by atoms with Crippen molar-refractivity contribution >= 4 is 181 Å². The molecule has 0 aliphatic rings. The molecule has 1 heterocycles. The molecular weight excluding hydrogens is 2050 g/mol. The highest BCUT2D eigenvalue weighted by atomic mass is 127. The Kier molecular flexibility index (Phi) is 21.8. The third-order valence-corrected chi connectivity index (χ3v) is 19.2. The number of hydrogen-bond acceptors (Lipinski definition) is 3. The summed E-state index contributed by atoms with van der Waals surface area (Å²) in [4.78, 5) is 0.